The van der Waals surface area contributed by atoms with Crippen molar-refractivity contribution in [2.24, 2.45) is 0 Å². The second-order valence-corrected chi connectivity index (χ2v) is 8.38. The summed E-state index contributed by atoms with van der Waals surface area (Å²) in [7, 11) is -0.634. The highest BCUT2D eigenvalue weighted by atomic mass is 32.2. The molecule has 158 valence electrons. The van der Waals surface area contributed by atoms with E-state index in [9.17, 15) is 13.2 Å². The highest BCUT2D eigenvalue weighted by Gasteiger charge is 2.27. The highest BCUT2D eigenvalue weighted by molar-refractivity contribution is 7.89. The lowest BCUT2D eigenvalue weighted by atomic mass is 10.2. The van der Waals surface area contributed by atoms with Gasteiger partial charge in [-0.05, 0) is 61.9 Å². The second-order valence-electron chi connectivity index (χ2n) is 6.44. The molecule has 0 N–H and O–H groups in total. The fraction of sp³-hybridized carbons (Fsp3) is 0.381. The Labute approximate surface area is 172 Å². The van der Waals surface area contributed by atoms with Crippen molar-refractivity contribution in [1.82, 2.24) is 4.31 Å². The van der Waals surface area contributed by atoms with Crippen molar-refractivity contribution in [1.29, 1.82) is 0 Å². The maximum atomic E-state index is 13.1. The number of aryl methyl sites for hydroxylation is 1. The molecular weight excluding hydrogens is 392 g/mol. The predicted octanol–water partition coefficient (Wildman–Crippen LogP) is 3.08. The number of carbonyl (C=O) groups excluding carboxylic acids is 1. The van der Waals surface area contributed by atoms with Gasteiger partial charge in [-0.1, -0.05) is 6.92 Å². The molecule has 0 fully saturated rings. The molecule has 2 aromatic carbocycles. The van der Waals surface area contributed by atoms with Gasteiger partial charge in [-0.3, -0.25) is 4.79 Å². The number of likely N-dealkylation sites (N-methyl/N-ethyl adjacent to an activating group) is 2. The van der Waals surface area contributed by atoms with Gasteiger partial charge in [0.1, 0.15) is 11.5 Å². The summed E-state index contributed by atoms with van der Waals surface area (Å²) >= 11 is 0. The zero-order chi connectivity index (χ0) is 21.6. The van der Waals surface area contributed by atoms with Crippen molar-refractivity contribution in [3.63, 3.8) is 0 Å². The lowest BCUT2D eigenvalue weighted by Crippen LogP contribution is -2.41. The number of nitrogens with zero attached hydrogens (tertiary/aromatic N) is 2. The van der Waals surface area contributed by atoms with Crippen LogP contribution in [0.1, 0.15) is 19.4 Å². The monoisotopic (exact) mass is 420 g/mol. The molecule has 0 aromatic heterocycles. The Kier molecular flexibility index (Phi) is 7.64. The van der Waals surface area contributed by atoms with Crippen LogP contribution in [0.5, 0.6) is 11.5 Å². The summed E-state index contributed by atoms with van der Waals surface area (Å²) in [5, 5.41) is 0. The van der Waals surface area contributed by atoms with Crippen LogP contribution < -0.4 is 14.4 Å². The molecule has 0 aliphatic heterocycles. The van der Waals surface area contributed by atoms with E-state index in [1.54, 1.807) is 64.4 Å². The lowest BCUT2D eigenvalue weighted by molar-refractivity contribution is -0.118. The fourth-order valence-electron chi connectivity index (χ4n) is 2.82. The number of hydrogen-bond acceptors (Lipinski definition) is 5. The zero-order valence-corrected chi connectivity index (χ0v) is 18.3. The third-order valence-corrected chi connectivity index (χ3v) is 6.50. The molecule has 7 nitrogen and oxygen atoms in total. The Bertz CT molecular complexity index is 942. The molecule has 2 rings (SSSR count). The minimum atomic E-state index is -3.82. The number of hydrogen-bond donors (Lipinski definition) is 0. The van der Waals surface area contributed by atoms with E-state index in [1.807, 2.05) is 6.92 Å². The van der Waals surface area contributed by atoms with Gasteiger partial charge in [0.2, 0.25) is 15.9 Å². The van der Waals surface area contributed by atoms with E-state index < -0.39 is 10.0 Å². The first-order valence-electron chi connectivity index (χ1n) is 9.38. The predicted molar refractivity (Wildman–Crippen MR) is 113 cm³/mol. The summed E-state index contributed by atoms with van der Waals surface area (Å²) in [6, 6.07) is 11.7. The van der Waals surface area contributed by atoms with E-state index in [1.165, 1.54) is 15.3 Å². The average molecular weight is 421 g/mol. The Morgan fingerprint density at radius 3 is 2.24 bits per heavy atom. The second kappa shape index (κ2) is 9.76. The molecular formula is C21H28N2O5S. The smallest absolute Gasteiger partial charge is 0.243 e. The van der Waals surface area contributed by atoms with Gasteiger partial charge in [0.05, 0.1) is 25.2 Å². The summed E-state index contributed by atoms with van der Waals surface area (Å²) in [4.78, 5) is 14.3. The molecule has 0 radical (unpaired) electrons. The van der Waals surface area contributed by atoms with Crippen LogP contribution >= 0.6 is 0 Å². The summed E-state index contributed by atoms with van der Waals surface area (Å²) in [5.74, 6) is 0.992. The largest absolute Gasteiger partial charge is 0.497 e. The summed E-state index contributed by atoms with van der Waals surface area (Å²) in [6.07, 6.45) is 0. The zero-order valence-electron chi connectivity index (χ0n) is 17.5. The van der Waals surface area contributed by atoms with Gasteiger partial charge in [0, 0.05) is 19.3 Å². The number of methoxy groups -OCH3 is 1. The molecule has 0 saturated heterocycles. The number of anilines is 1. The number of sulfonamides is 1. The highest BCUT2D eigenvalue weighted by Crippen LogP contribution is 2.24. The quantitative estimate of drug-likeness (QED) is 0.623. The van der Waals surface area contributed by atoms with Crippen molar-refractivity contribution < 1.29 is 22.7 Å². The van der Waals surface area contributed by atoms with Gasteiger partial charge in [0.15, 0.2) is 0 Å². The molecule has 0 bridgehead atoms. The maximum Gasteiger partial charge on any atom is 0.243 e. The number of rotatable bonds is 9. The molecule has 1 amide bonds. The van der Waals surface area contributed by atoms with Crippen LogP contribution in [0.4, 0.5) is 5.69 Å². The third-order valence-electron chi connectivity index (χ3n) is 4.58. The van der Waals surface area contributed by atoms with Gasteiger partial charge >= 0.3 is 0 Å². The summed E-state index contributed by atoms with van der Waals surface area (Å²) in [6.45, 7) is 5.79. The fourth-order valence-corrected chi connectivity index (χ4v) is 4.31. The molecule has 0 unspecified atom stereocenters. The molecule has 0 atom stereocenters. The maximum absolute atomic E-state index is 13.1. The number of benzene rings is 2. The Hall–Kier alpha value is -2.58. The lowest BCUT2D eigenvalue weighted by Gasteiger charge is -2.24. The van der Waals surface area contributed by atoms with Gasteiger partial charge in [-0.25, -0.2) is 8.42 Å². The van der Waals surface area contributed by atoms with Gasteiger partial charge in [0.25, 0.3) is 0 Å². The van der Waals surface area contributed by atoms with Crippen molar-refractivity contribution >= 4 is 21.6 Å². The number of ether oxygens (including phenoxy) is 2. The van der Waals surface area contributed by atoms with Crippen LogP contribution in [0.2, 0.25) is 0 Å². The molecule has 0 aliphatic carbocycles. The minimum absolute atomic E-state index is 0.139. The Balaban J connectivity index is 2.20. The van der Waals surface area contributed by atoms with Crippen LogP contribution in [0, 0.1) is 6.92 Å². The van der Waals surface area contributed by atoms with Crippen LogP contribution in [-0.4, -0.2) is 52.5 Å². The topological polar surface area (TPSA) is 76.2 Å². The SMILES string of the molecule is CCOc1ccc(S(=O)(=O)N(CC)CC(=O)N(C)c2ccc(OC)cc2)cc1C. The summed E-state index contributed by atoms with van der Waals surface area (Å²) < 4.78 is 37.9. The van der Waals surface area contributed by atoms with E-state index in [-0.39, 0.29) is 23.9 Å². The van der Waals surface area contributed by atoms with E-state index in [0.29, 0.717) is 23.8 Å². The van der Waals surface area contributed by atoms with Crippen molar-refractivity contribution in [3.05, 3.63) is 48.0 Å². The number of amides is 1. The first kappa shape index (κ1) is 22.7. The van der Waals surface area contributed by atoms with Gasteiger partial charge in [-0.15, -0.1) is 0 Å². The van der Waals surface area contributed by atoms with Gasteiger partial charge in [-0.2, -0.15) is 4.31 Å². The third kappa shape index (κ3) is 5.27. The van der Waals surface area contributed by atoms with E-state index in [2.05, 4.69) is 0 Å². The molecule has 0 aliphatic rings. The van der Waals surface area contributed by atoms with E-state index >= 15 is 0 Å². The minimum Gasteiger partial charge on any atom is -0.497 e. The summed E-state index contributed by atoms with van der Waals surface area (Å²) in [5.41, 5.74) is 1.38. The molecule has 29 heavy (non-hydrogen) atoms. The first-order valence-corrected chi connectivity index (χ1v) is 10.8. The average Bonchev–Trinajstić information content (AvgIpc) is 2.72. The van der Waals surface area contributed by atoms with Crippen molar-refractivity contribution in [2.75, 3.05) is 38.8 Å². The van der Waals surface area contributed by atoms with E-state index in [0.717, 1.165) is 5.56 Å². The Morgan fingerprint density at radius 2 is 1.72 bits per heavy atom. The standard InChI is InChI=1S/C21H28N2O5S/c1-6-23(15-21(24)22(4)17-8-10-18(27-5)11-9-17)29(25,26)19-12-13-20(28-7-2)16(3)14-19/h8-14H,6-7,15H2,1-5H3. The van der Waals surface area contributed by atoms with Crippen molar-refractivity contribution in [2.45, 2.75) is 25.7 Å². The normalized spacial score (nSPS) is 11.4. The molecule has 0 saturated carbocycles. The van der Waals surface area contributed by atoms with Crippen LogP contribution in [0.3, 0.4) is 0 Å². The van der Waals surface area contributed by atoms with Crippen LogP contribution in [-0.2, 0) is 14.8 Å². The van der Waals surface area contributed by atoms with E-state index in [4.69, 9.17) is 9.47 Å². The molecule has 8 heteroatoms. The van der Waals surface area contributed by atoms with Crippen molar-refractivity contribution in [3.8, 4) is 11.5 Å². The molecule has 2 aromatic rings. The number of carbonyl (C=O) groups is 1. The van der Waals surface area contributed by atoms with Crippen LogP contribution in [0.25, 0.3) is 0 Å². The molecule has 0 heterocycles. The molecule has 0 spiro atoms. The van der Waals surface area contributed by atoms with Crippen LogP contribution in [0.15, 0.2) is 47.4 Å². The first-order chi connectivity index (χ1) is 13.7. The Morgan fingerprint density at radius 1 is 1.07 bits per heavy atom. The van der Waals surface area contributed by atoms with Gasteiger partial charge < -0.3 is 14.4 Å².